The van der Waals surface area contributed by atoms with Gasteiger partial charge in [-0.15, -0.1) is 0 Å². The van der Waals surface area contributed by atoms with Gasteiger partial charge >= 0.3 is 0 Å². The van der Waals surface area contributed by atoms with Gasteiger partial charge in [-0.2, -0.15) is 0 Å². The van der Waals surface area contributed by atoms with Crippen LogP contribution in [0, 0.1) is 17.0 Å². The van der Waals surface area contributed by atoms with Crippen molar-refractivity contribution in [2.45, 2.75) is 13.5 Å². The lowest BCUT2D eigenvalue weighted by Crippen LogP contribution is -2.04. The molecule has 0 radical (unpaired) electrons. The van der Waals surface area contributed by atoms with Gasteiger partial charge in [0.2, 0.25) is 0 Å². The number of aryl methyl sites for hydroxylation is 1. The highest BCUT2D eigenvalue weighted by atomic mass is 79.9. The molecule has 0 saturated carbocycles. The number of hydrogen-bond donors (Lipinski definition) is 1. The Bertz CT molecular complexity index is 352. The van der Waals surface area contributed by atoms with Crippen LogP contribution in [0.15, 0.2) is 16.6 Å². The van der Waals surface area contributed by atoms with Crippen LogP contribution in [0.3, 0.4) is 0 Å². The normalized spacial score (nSPS) is 10.1. The van der Waals surface area contributed by atoms with Crippen LogP contribution in [0.2, 0.25) is 0 Å². The fourth-order valence-corrected chi connectivity index (χ4v) is 1.68. The first-order valence-corrected chi connectivity index (χ1v) is 4.49. The Morgan fingerprint density at radius 3 is 2.62 bits per heavy atom. The molecule has 0 amide bonds. The second kappa shape index (κ2) is 3.85. The van der Waals surface area contributed by atoms with Gasteiger partial charge in [-0.1, -0.05) is 6.07 Å². The molecule has 0 unspecified atom stereocenters. The minimum Gasteiger partial charge on any atom is -0.326 e. The molecule has 2 N–H and O–H groups in total. The highest BCUT2D eigenvalue weighted by molar-refractivity contribution is 9.10. The van der Waals surface area contributed by atoms with Crippen LogP contribution in [0.4, 0.5) is 5.69 Å². The maximum Gasteiger partial charge on any atom is 0.288 e. The number of halogens is 1. The molecule has 1 aromatic rings. The van der Waals surface area contributed by atoms with Crippen LogP contribution in [-0.2, 0) is 6.54 Å². The lowest BCUT2D eigenvalue weighted by Gasteiger charge is -2.04. The van der Waals surface area contributed by atoms with Crippen molar-refractivity contribution < 1.29 is 4.92 Å². The summed E-state index contributed by atoms with van der Waals surface area (Å²) in [4.78, 5) is 10.3. The predicted molar refractivity (Wildman–Crippen MR) is 53.4 cm³/mol. The van der Waals surface area contributed by atoms with Crippen molar-refractivity contribution in [3.8, 4) is 0 Å². The number of hydrogen-bond acceptors (Lipinski definition) is 3. The van der Waals surface area contributed by atoms with Gasteiger partial charge in [0.15, 0.2) is 0 Å². The summed E-state index contributed by atoms with van der Waals surface area (Å²) in [5.74, 6) is 0. The van der Waals surface area contributed by atoms with Crippen molar-refractivity contribution in [1.82, 2.24) is 0 Å². The minimum atomic E-state index is -0.417. The molecule has 0 spiro atoms. The van der Waals surface area contributed by atoms with Gasteiger partial charge in [-0.05, 0) is 34.5 Å². The van der Waals surface area contributed by atoms with Crippen LogP contribution in [0.25, 0.3) is 0 Å². The molecule has 0 aromatic heterocycles. The monoisotopic (exact) mass is 244 g/mol. The van der Waals surface area contributed by atoms with E-state index in [2.05, 4.69) is 15.9 Å². The second-order valence-electron chi connectivity index (χ2n) is 2.65. The van der Waals surface area contributed by atoms with Crippen molar-refractivity contribution in [2.75, 3.05) is 0 Å². The molecule has 4 nitrogen and oxygen atoms in total. The van der Waals surface area contributed by atoms with Crippen LogP contribution in [-0.4, -0.2) is 4.92 Å². The molecule has 0 heterocycles. The number of rotatable bonds is 2. The van der Waals surface area contributed by atoms with Crippen molar-refractivity contribution in [3.63, 3.8) is 0 Å². The second-order valence-corrected chi connectivity index (χ2v) is 3.51. The van der Waals surface area contributed by atoms with Crippen LogP contribution >= 0.6 is 15.9 Å². The van der Waals surface area contributed by atoms with E-state index in [4.69, 9.17) is 5.73 Å². The van der Waals surface area contributed by atoms with Crippen LogP contribution in [0.5, 0.6) is 0 Å². The zero-order valence-corrected chi connectivity index (χ0v) is 8.67. The van der Waals surface area contributed by atoms with E-state index in [-0.39, 0.29) is 12.2 Å². The molecule has 0 aliphatic heterocycles. The number of nitrogens with two attached hydrogens (primary N) is 1. The Balaban J connectivity index is 3.43. The molecular formula is C8H9BrN2O2. The van der Waals surface area contributed by atoms with E-state index in [1.807, 2.05) is 6.92 Å². The molecule has 5 heteroatoms. The SMILES string of the molecule is Cc1ccc(Br)c([N+](=O)[O-])c1CN. The van der Waals surface area contributed by atoms with Gasteiger partial charge in [0, 0.05) is 12.1 Å². The maximum absolute atomic E-state index is 10.7. The quantitative estimate of drug-likeness (QED) is 0.640. The Labute approximate surface area is 84.0 Å². The predicted octanol–water partition coefficient (Wildman–Crippen LogP) is 2.12. The molecule has 0 bridgehead atoms. The molecule has 0 fully saturated rings. The average molecular weight is 245 g/mol. The zero-order chi connectivity index (χ0) is 10.0. The number of benzene rings is 1. The Morgan fingerprint density at radius 2 is 2.23 bits per heavy atom. The van der Waals surface area contributed by atoms with Gasteiger partial charge in [-0.3, -0.25) is 10.1 Å². The summed E-state index contributed by atoms with van der Waals surface area (Å²) >= 11 is 3.13. The van der Waals surface area contributed by atoms with Gasteiger partial charge in [0.05, 0.1) is 9.40 Å². The number of nitro groups is 1. The van der Waals surface area contributed by atoms with Gasteiger partial charge in [0.25, 0.3) is 5.69 Å². The lowest BCUT2D eigenvalue weighted by molar-refractivity contribution is -0.386. The zero-order valence-electron chi connectivity index (χ0n) is 7.08. The highest BCUT2D eigenvalue weighted by Gasteiger charge is 2.18. The van der Waals surface area contributed by atoms with Crippen molar-refractivity contribution in [3.05, 3.63) is 37.8 Å². The molecule has 70 valence electrons. The van der Waals surface area contributed by atoms with Gasteiger partial charge < -0.3 is 5.73 Å². The molecule has 1 rings (SSSR count). The molecule has 0 atom stereocenters. The minimum absolute atomic E-state index is 0.0718. The van der Waals surface area contributed by atoms with E-state index in [1.165, 1.54) is 0 Å². The molecule has 1 aromatic carbocycles. The van der Waals surface area contributed by atoms with Crippen LogP contribution in [0.1, 0.15) is 11.1 Å². The molecule has 0 aliphatic carbocycles. The largest absolute Gasteiger partial charge is 0.326 e. The van der Waals surface area contributed by atoms with E-state index in [0.29, 0.717) is 10.0 Å². The average Bonchev–Trinajstić information content (AvgIpc) is 2.07. The smallest absolute Gasteiger partial charge is 0.288 e. The summed E-state index contributed by atoms with van der Waals surface area (Å²) < 4.78 is 0.476. The van der Waals surface area contributed by atoms with E-state index in [1.54, 1.807) is 12.1 Å². The Morgan fingerprint density at radius 1 is 1.62 bits per heavy atom. The third kappa shape index (κ3) is 1.87. The standard InChI is InChI=1S/C8H9BrN2O2/c1-5-2-3-7(9)8(11(12)13)6(5)4-10/h2-3H,4,10H2,1H3. The van der Waals surface area contributed by atoms with Gasteiger partial charge in [-0.25, -0.2) is 0 Å². The fraction of sp³-hybridized carbons (Fsp3) is 0.250. The van der Waals surface area contributed by atoms with E-state index in [9.17, 15) is 10.1 Å². The molecule has 0 saturated heterocycles. The summed E-state index contributed by atoms with van der Waals surface area (Å²) in [7, 11) is 0. The highest BCUT2D eigenvalue weighted by Crippen LogP contribution is 2.30. The molecule has 13 heavy (non-hydrogen) atoms. The summed E-state index contributed by atoms with van der Waals surface area (Å²) in [6.45, 7) is 1.99. The first-order chi connectivity index (χ1) is 6.07. The molecule has 0 aliphatic rings. The number of nitrogens with zero attached hydrogens (tertiary/aromatic N) is 1. The number of nitro benzene ring substituents is 1. The fourth-order valence-electron chi connectivity index (χ4n) is 1.16. The first kappa shape index (κ1) is 10.1. The van der Waals surface area contributed by atoms with E-state index >= 15 is 0 Å². The summed E-state index contributed by atoms with van der Waals surface area (Å²) in [6, 6.07) is 3.46. The van der Waals surface area contributed by atoms with E-state index < -0.39 is 4.92 Å². The first-order valence-electron chi connectivity index (χ1n) is 3.70. The summed E-state index contributed by atoms with van der Waals surface area (Å²) in [5.41, 5.74) is 6.93. The third-order valence-electron chi connectivity index (χ3n) is 1.85. The van der Waals surface area contributed by atoms with Crippen molar-refractivity contribution in [2.24, 2.45) is 5.73 Å². The van der Waals surface area contributed by atoms with Gasteiger partial charge in [0.1, 0.15) is 0 Å². The topological polar surface area (TPSA) is 69.2 Å². The third-order valence-corrected chi connectivity index (χ3v) is 2.49. The maximum atomic E-state index is 10.7. The summed E-state index contributed by atoms with van der Waals surface area (Å²) in [5, 5.41) is 10.7. The summed E-state index contributed by atoms with van der Waals surface area (Å²) in [6.07, 6.45) is 0. The molecular weight excluding hydrogens is 236 g/mol. The Hall–Kier alpha value is -0.940. The van der Waals surface area contributed by atoms with Crippen molar-refractivity contribution >= 4 is 21.6 Å². The Kier molecular flexibility index (Phi) is 3.00. The van der Waals surface area contributed by atoms with Crippen molar-refractivity contribution in [1.29, 1.82) is 0 Å². The van der Waals surface area contributed by atoms with E-state index in [0.717, 1.165) is 5.56 Å². The van der Waals surface area contributed by atoms with Crippen LogP contribution < -0.4 is 5.73 Å². The lowest BCUT2D eigenvalue weighted by atomic mass is 10.1.